The van der Waals surface area contributed by atoms with Gasteiger partial charge in [0.1, 0.15) is 0 Å². The van der Waals surface area contributed by atoms with Crippen LogP contribution in [0.25, 0.3) is 0 Å². The van der Waals surface area contributed by atoms with Gasteiger partial charge in [-0.1, -0.05) is 0 Å². The summed E-state index contributed by atoms with van der Waals surface area (Å²) < 4.78 is 4.71. The number of hydrogen-bond donors (Lipinski definition) is 0. The summed E-state index contributed by atoms with van der Waals surface area (Å²) >= 11 is 0. The Labute approximate surface area is 75.0 Å². The predicted octanol–water partition coefficient (Wildman–Crippen LogP) is 0.104. The van der Waals surface area contributed by atoms with Gasteiger partial charge >= 0.3 is 16.8 Å². The normalized spacial score (nSPS) is 15.9. The molecule has 1 aliphatic rings. The Morgan fingerprint density at radius 3 is 1.20 bits per heavy atom. The van der Waals surface area contributed by atoms with Gasteiger partial charge in [0.25, 0.3) is 0 Å². The van der Waals surface area contributed by atoms with Crippen molar-refractivity contribution < 1.29 is 32.5 Å². The average molecular weight is 198 g/mol. The molecule has 0 spiro atoms. The number of hydrogen-bond acceptors (Lipinski definition) is 1. The second-order valence-corrected chi connectivity index (χ2v) is 1.14. The van der Waals surface area contributed by atoms with E-state index in [0.717, 1.165) is 6.61 Å². The zero-order valence-electron chi connectivity index (χ0n) is 7.03. The number of rotatable bonds is 0. The first-order chi connectivity index (χ1) is 1.89. The molecular weight excluding hydrogens is 179 g/mol. The molecule has 0 amide bonds. The Kier molecular flexibility index (Phi) is 108. The smallest absolute Gasteiger partial charge is 0.412 e. The molecular formula is C6H19CoO3. The van der Waals surface area contributed by atoms with Crippen molar-refractivity contribution in [1.29, 1.82) is 0 Å². The standard InChI is InChI=1S/C3H6O.3CH3.Co.2H2O/c1-3-2-4-3;;;;;;/h3H,2H2,1H3;3*1H3;;2*1H2/q;3*-1;+3;;. The molecule has 4 N–H and O–H groups in total. The summed E-state index contributed by atoms with van der Waals surface area (Å²) in [7, 11) is 0. The molecule has 1 fully saturated rings. The van der Waals surface area contributed by atoms with Crippen LogP contribution in [-0.2, 0) is 21.5 Å². The third-order valence-corrected chi connectivity index (χ3v) is 0.500. The van der Waals surface area contributed by atoms with Gasteiger partial charge in [0, 0.05) is 0 Å². The van der Waals surface area contributed by atoms with Crippen LogP contribution in [0.5, 0.6) is 0 Å². The van der Waals surface area contributed by atoms with E-state index in [-0.39, 0.29) is 50.0 Å². The van der Waals surface area contributed by atoms with Crippen molar-refractivity contribution in [2.75, 3.05) is 6.61 Å². The molecule has 3 nitrogen and oxygen atoms in total. The molecule has 4 heteroatoms. The molecule has 0 aromatic rings. The first-order valence-electron chi connectivity index (χ1n) is 1.51. The van der Waals surface area contributed by atoms with Gasteiger partial charge in [0.05, 0.1) is 12.7 Å². The van der Waals surface area contributed by atoms with Crippen LogP contribution >= 0.6 is 0 Å². The van der Waals surface area contributed by atoms with E-state index in [4.69, 9.17) is 4.74 Å². The fraction of sp³-hybridized carbons (Fsp3) is 0.500. The zero-order chi connectivity index (χ0) is 2.99. The Bertz CT molecular complexity index is 32.2. The molecule has 0 radical (unpaired) electrons. The van der Waals surface area contributed by atoms with Gasteiger partial charge in [0.2, 0.25) is 0 Å². The van der Waals surface area contributed by atoms with E-state index in [9.17, 15) is 0 Å². The van der Waals surface area contributed by atoms with Gasteiger partial charge < -0.3 is 38.0 Å². The minimum Gasteiger partial charge on any atom is -0.412 e. The first-order valence-corrected chi connectivity index (χ1v) is 1.51. The van der Waals surface area contributed by atoms with E-state index in [2.05, 4.69) is 6.92 Å². The van der Waals surface area contributed by atoms with Crippen molar-refractivity contribution in [1.82, 2.24) is 0 Å². The average Bonchev–Trinajstić information content (AvgIpc) is 1.75. The third-order valence-electron chi connectivity index (χ3n) is 0.500. The molecule has 0 saturated carbocycles. The van der Waals surface area contributed by atoms with Crippen LogP contribution in [0.3, 0.4) is 0 Å². The maximum atomic E-state index is 4.71. The minimum atomic E-state index is 0. The maximum Gasteiger partial charge on any atom is 3.00 e. The molecule has 1 rings (SSSR count). The second kappa shape index (κ2) is 22.8. The summed E-state index contributed by atoms with van der Waals surface area (Å²) in [6.45, 7) is 3.04. The summed E-state index contributed by atoms with van der Waals surface area (Å²) in [4.78, 5) is 0. The summed E-state index contributed by atoms with van der Waals surface area (Å²) in [5.41, 5.74) is 0. The summed E-state index contributed by atoms with van der Waals surface area (Å²) in [5, 5.41) is 0. The minimum absolute atomic E-state index is 0. The maximum absolute atomic E-state index is 4.71. The number of ether oxygens (including phenoxy) is 1. The van der Waals surface area contributed by atoms with Gasteiger partial charge in [-0.25, -0.2) is 0 Å². The molecule has 1 saturated heterocycles. The van der Waals surface area contributed by atoms with E-state index in [1.54, 1.807) is 0 Å². The quantitative estimate of drug-likeness (QED) is 0.402. The zero-order valence-corrected chi connectivity index (χ0v) is 8.07. The molecule has 0 aromatic heterocycles. The van der Waals surface area contributed by atoms with Crippen molar-refractivity contribution in [2.24, 2.45) is 0 Å². The van der Waals surface area contributed by atoms with Crippen LogP contribution in [0.15, 0.2) is 0 Å². The molecule has 1 unspecified atom stereocenters. The molecule has 0 bridgehead atoms. The van der Waals surface area contributed by atoms with Crippen molar-refractivity contribution in [3.05, 3.63) is 22.3 Å². The van der Waals surface area contributed by atoms with E-state index < -0.39 is 0 Å². The van der Waals surface area contributed by atoms with Gasteiger partial charge in [-0.2, -0.15) is 0 Å². The van der Waals surface area contributed by atoms with Crippen molar-refractivity contribution in [3.63, 3.8) is 0 Å². The van der Waals surface area contributed by atoms with E-state index >= 15 is 0 Å². The fourth-order valence-corrected chi connectivity index (χ4v) is 0.0962. The first kappa shape index (κ1) is 47.6. The van der Waals surface area contributed by atoms with Crippen molar-refractivity contribution in [3.8, 4) is 0 Å². The monoisotopic (exact) mass is 198 g/mol. The Hall–Kier alpha value is 0.386. The van der Waals surface area contributed by atoms with E-state index in [0.29, 0.717) is 6.10 Å². The summed E-state index contributed by atoms with van der Waals surface area (Å²) in [6, 6.07) is 0. The van der Waals surface area contributed by atoms with Crippen LogP contribution in [0, 0.1) is 22.3 Å². The Morgan fingerprint density at radius 1 is 1.10 bits per heavy atom. The Morgan fingerprint density at radius 2 is 1.20 bits per heavy atom. The molecule has 70 valence electrons. The second-order valence-electron chi connectivity index (χ2n) is 1.14. The predicted molar refractivity (Wildman–Crippen MR) is 41.9 cm³/mol. The van der Waals surface area contributed by atoms with Crippen LogP contribution in [0.1, 0.15) is 6.92 Å². The van der Waals surface area contributed by atoms with Gasteiger partial charge in [-0.3, -0.25) is 0 Å². The van der Waals surface area contributed by atoms with Gasteiger partial charge in [-0.15, -0.1) is 0 Å². The van der Waals surface area contributed by atoms with Crippen molar-refractivity contribution in [2.45, 2.75) is 13.0 Å². The molecule has 0 aliphatic carbocycles. The topological polar surface area (TPSA) is 75.5 Å². The Balaban J connectivity index is -0.00000000667. The van der Waals surface area contributed by atoms with Crippen molar-refractivity contribution >= 4 is 0 Å². The molecule has 0 aromatic carbocycles. The van der Waals surface area contributed by atoms with Crippen LogP contribution < -0.4 is 0 Å². The van der Waals surface area contributed by atoms with Crippen LogP contribution in [-0.4, -0.2) is 23.7 Å². The van der Waals surface area contributed by atoms with Crippen LogP contribution in [0.4, 0.5) is 0 Å². The SMILES string of the molecule is CC1CO1.O.O.[CH3-].[CH3-].[CH3-].[Co+3]. The van der Waals surface area contributed by atoms with Gasteiger partial charge in [-0.05, 0) is 6.92 Å². The summed E-state index contributed by atoms with van der Waals surface area (Å²) in [5.74, 6) is 0. The van der Waals surface area contributed by atoms with Gasteiger partial charge in [0.15, 0.2) is 0 Å². The molecule has 1 heterocycles. The number of epoxide rings is 1. The van der Waals surface area contributed by atoms with E-state index in [1.807, 2.05) is 0 Å². The summed E-state index contributed by atoms with van der Waals surface area (Å²) in [6.07, 6.45) is 0.583. The molecule has 1 atom stereocenters. The van der Waals surface area contributed by atoms with Crippen LogP contribution in [0.2, 0.25) is 0 Å². The molecule has 10 heavy (non-hydrogen) atoms. The largest absolute Gasteiger partial charge is 3.00 e. The van der Waals surface area contributed by atoms with E-state index in [1.165, 1.54) is 0 Å². The fourth-order valence-electron chi connectivity index (χ4n) is 0.0962. The molecule has 1 aliphatic heterocycles. The third kappa shape index (κ3) is 39.9.